The van der Waals surface area contributed by atoms with Gasteiger partial charge in [-0.25, -0.2) is 22.5 Å². The number of nitrogens with zero attached hydrogens (tertiary/aromatic N) is 2. The molecule has 1 heterocycles. The van der Waals surface area contributed by atoms with E-state index in [0.717, 1.165) is 11.8 Å². The number of nitrogens with one attached hydrogen (secondary N) is 3. The number of aromatic nitrogens is 2. The average molecular weight is 457 g/mol. The maximum absolute atomic E-state index is 14.2. The van der Waals surface area contributed by atoms with Crippen LogP contribution < -0.4 is 21.1 Å². The molecule has 0 spiro atoms. The van der Waals surface area contributed by atoms with Crippen molar-refractivity contribution in [2.45, 2.75) is 24.6 Å². The number of amides is 1. The smallest absolute Gasteiger partial charge is 0.248 e. The van der Waals surface area contributed by atoms with Gasteiger partial charge in [-0.15, -0.1) is 0 Å². The van der Waals surface area contributed by atoms with Crippen molar-refractivity contribution in [3.8, 4) is 0 Å². The Morgan fingerprint density at radius 1 is 1.09 bits per heavy atom. The predicted molar refractivity (Wildman–Crippen MR) is 119 cm³/mol. The number of benzene rings is 2. The molecule has 0 unspecified atom stereocenters. The summed E-state index contributed by atoms with van der Waals surface area (Å²) in [5.74, 6) is -1.14. The van der Waals surface area contributed by atoms with Crippen molar-refractivity contribution in [2.24, 2.45) is 5.73 Å². The minimum Gasteiger partial charge on any atom is -0.366 e. The second kappa shape index (κ2) is 8.89. The molecule has 0 aliphatic heterocycles. The minimum absolute atomic E-state index is 0.0456. The van der Waals surface area contributed by atoms with E-state index in [1.54, 1.807) is 48.5 Å². The SMILES string of the molecule is NC(=O)c1cccc(Nc2ncc(F)c(Nc3ccc(CNS(=O)(=O)C4CC4)cc3)n2)c1. The number of anilines is 4. The lowest BCUT2D eigenvalue weighted by molar-refractivity contribution is 0.100. The third-order valence-corrected chi connectivity index (χ3v) is 6.70. The van der Waals surface area contributed by atoms with Crippen LogP contribution in [0.2, 0.25) is 0 Å². The molecule has 2 aromatic carbocycles. The number of halogens is 1. The Balaban J connectivity index is 1.42. The number of hydrogen-bond acceptors (Lipinski definition) is 7. The summed E-state index contributed by atoms with van der Waals surface area (Å²) in [6.45, 7) is 0.194. The maximum Gasteiger partial charge on any atom is 0.248 e. The molecule has 1 aromatic heterocycles. The van der Waals surface area contributed by atoms with Gasteiger partial charge in [-0.3, -0.25) is 4.79 Å². The fraction of sp³-hybridized carbons (Fsp3) is 0.190. The van der Waals surface area contributed by atoms with E-state index in [4.69, 9.17) is 5.73 Å². The molecular weight excluding hydrogens is 435 g/mol. The normalized spacial score (nSPS) is 13.5. The van der Waals surface area contributed by atoms with E-state index < -0.39 is 21.7 Å². The molecule has 32 heavy (non-hydrogen) atoms. The van der Waals surface area contributed by atoms with Crippen LogP contribution in [-0.4, -0.2) is 29.5 Å². The lowest BCUT2D eigenvalue weighted by Crippen LogP contribution is -2.26. The lowest BCUT2D eigenvalue weighted by Gasteiger charge is -2.11. The van der Waals surface area contributed by atoms with Gasteiger partial charge >= 0.3 is 0 Å². The summed E-state index contributed by atoms with van der Waals surface area (Å²) >= 11 is 0. The second-order valence-electron chi connectivity index (χ2n) is 7.35. The summed E-state index contributed by atoms with van der Waals surface area (Å²) in [6, 6.07) is 13.3. The Morgan fingerprint density at radius 2 is 1.84 bits per heavy atom. The molecule has 1 fully saturated rings. The Bertz CT molecular complexity index is 1250. The summed E-state index contributed by atoms with van der Waals surface area (Å²) in [7, 11) is -3.25. The summed E-state index contributed by atoms with van der Waals surface area (Å²) in [5, 5.41) is 5.51. The predicted octanol–water partition coefficient (Wildman–Crippen LogP) is 2.78. The van der Waals surface area contributed by atoms with Gasteiger partial charge in [0.05, 0.1) is 11.4 Å². The Morgan fingerprint density at radius 3 is 2.53 bits per heavy atom. The summed E-state index contributed by atoms with van der Waals surface area (Å²) in [4.78, 5) is 19.4. The first-order valence-electron chi connectivity index (χ1n) is 9.84. The van der Waals surface area contributed by atoms with Gasteiger partial charge < -0.3 is 16.4 Å². The van der Waals surface area contributed by atoms with Gasteiger partial charge in [0, 0.05) is 23.5 Å². The molecule has 5 N–H and O–H groups in total. The summed E-state index contributed by atoms with van der Waals surface area (Å²) < 4.78 is 40.7. The number of hydrogen-bond donors (Lipinski definition) is 4. The molecule has 0 bridgehead atoms. The van der Waals surface area contributed by atoms with Crippen LogP contribution in [-0.2, 0) is 16.6 Å². The Kier molecular flexibility index (Phi) is 6.01. The molecule has 1 aliphatic rings. The van der Waals surface area contributed by atoms with Gasteiger partial charge in [0.25, 0.3) is 0 Å². The Hall–Kier alpha value is -3.57. The van der Waals surface area contributed by atoms with E-state index in [1.807, 2.05) is 0 Å². The van der Waals surface area contributed by atoms with Crippen LogP contribution in [0, 0.1) is 5.82 Å². The van der Waals surface area contributed by atoms with Crippen LogP contribution in [0.1, 0.15) is 28.8 Å². The van der Waals surface area contributed by atoms with Crippen LogP contribution in [0.3, 0.4) is 0 Å². The van der Waals surface area contributed by atoms with Crippen LogP contribution in [0.5, 0.6) is 0 Å². The molecule has 166 valence electrons. The average Bonchev–Trinajstić information content (AvgIpc) is 3.62. The topological polar surface area (TPSA) is 139 Å². The third-order valence-electron chi connectivity index (χ3n) is 4.80. The lowest BCUT2D eigenvalue weighted by atomic mass is 10.2. The van der Waals surface area contributed by atoms with E-state index in [-0.39, 0.29) is 23.6 Å². The van der Waals surface area contributed by atoms with Crippen molar-refractivity contribution in [1.82, 2.24) is 14.7 Å². The van der Waals surface area contributed by atoms with Gasteiger partial charge in [0.15, 0.2) is 11.6 Å². The van der Waals surface area contributed by atoms with E-state index in [0.29, 0.717) is 29.8 Å². The molecule has 1 saturated carbocycles. The molecule has 0 saturated heterocycles. The first-order chi connectivity index (χ1) is 15.3. The van der Waals surface area contributed by atoms with Crippen molar-refractivity contribution in [3.63, 3.8) is 0 Å². The maximum atomic E-state index is 14.2. The number of rotatable bonds is 9. The zero-order chi connectivity index (χ0) is 22.7. The van der Waals surface area contributed by atoms with Crippen molar-refractivity contribution < 1.29 is 17.6 Å². The number of nitrogens with two attached hydrogens (primary N) is 1. The van der Waals surface area contributed by atoms with E-state index in [1.165, 1.54) is 0 Å². The zero-order valence-electron chi connectivity index (χ0n) is 16.9. The highest BCUT2D eigenvalue weighted by molar-refractivity contribution is 7.90. The second-order valence-corrected chi connectivity index (χ2v) is 9.39. The first-order valence-corrected chi connectivity index (χ1v) is 11.4. The Labute approximate surface area is 184 Å². The minimum atomic E-state index is -3.25. The van der Waals surface area contributed by atoms with E-state index in [9.17, 15) is 17.6 Å². The first kappa shape index (κ1) is 21.7. The van der Waals surface area contributed by atoms with Crippen LogP contribution >= 0.6 is 0 Å². The van der Waals surface area contributed by atoms with Crippen molar-refractivity contribution in [1.29, 1.82) is 0 Å². The van der Waals surface area contributed by atoms with Gasteiger partial charge in [0.2, 0.25) is 21.9 Å². The molecule has 1 amide bonds. The number of carbonyl (C=O) groups excluding carboxylic acids is 1. The monoisotopic (exact) mass is 456 g/mol. The van der Waals surface area contributed by atoms with Crippen LogP contribution in [0.15, 0.2) is 54.7 Å². The third kappa shape index (κ3) is 5.37. The van der Waals surface area contributed by atoms with Crippen molar-refractivity contribution >= 4 is 39.1 Å². The highest BCUT2D eigenvalue weighted by atomic mass is 32.2. The van der Waals surface area contributed by atoms with Gasteiger partial charge in [-0.2, -0.15) is 4.98 Å². The summed E-state index contributed by atoms with van der Waals surface area (Å²) in [6.07, 6.45) is 2.43. The zero-order valence-corrected chi connectivity index (χ0v) is 17.7. The number of carbonyl (C=O) groups is 1. The fourth-order valence-corrected chi connectivity index (χ4v) is 4.28. The number of primary amides is 1. The molecule has 9 nitrogen and oxygen atoms in total. The van der Waals surface area contributed by atoms with Gasteiger partial charge in [-0.1, -0.05) is 18.2 Å². The van der Waals surface area contributed by atoms with Crippen LogP contribution in [0.25, 0.3) is 0 Å². The van der Waals surface area contributed by atoms with E-state index in [2.05, 4.69) is 25.3 Å². The quantitative estimate of drug-likeness (QED) is 0.388. The molecular formula is C21H21FN6O3S. The molecule has 11 heteroatoms. The standard InChI is InChI=1S/C21H21FN6O3S/c22-18-12-24-21(27-16-3-1-2-14(10-16)19(23)29)28-20(18)26-15-6-4-13(5-7-15)11-25-32(30,31)17-8-9-17/h1-7,10,12,17,25H,8-9,11H2,(H2,23,29)(H2,24,26,27,28). The molecule has 1 aliphatic carbocycles. The van der Waals surface area contributed by atoms with Gasteiger partial charge in [0.1, 0.15) is 0 Å². The van der Waals surface area contributed by atoms with Gasteiger partial charge in [-0.05, 0) is 48.7 Å². The van der Waals surface area contributed by atoms with Crippen LogP contribution in [0.4, 0.5) is 27.5 Å². The molecule has 3 aromatic rings. The van der Waals surface area contributed by atoms with Crippen molar-refractivity contribution in [3.05, 3.63) is 71.7 Å². The molecule has 4 rings (SSSR count). The summed E-state index contributed by atoms with van der Waals surface area (Å²) in [5.41, 5.74) is 7.47. The van der Waals surface area contributed by atoms with E-state index >= 15 is 0 Å². The molecule has 0 atom stereocenters. The largest absolute Gasteiger partial charge is 0.366 e. The number of sulfonamides is 1. The van der Waals surface area contributed by atoms with Crippen molar-refractivity contribution in [2.75, 3.05) is 10.6 Å². The molecule has 0 radical (unpaired) electrons. The highest BCUT2D eigenvalue weighted by Gasteiger charge is 2.35. The highest BCUT2D eigenvalue weighted by Crippen LogP contribution is 2.27. The fourth-order valence-electron chi connectivity index (χ4n) is 2.92.